The molecule has 0 N–H and O–H groups in total. The second kappa shape index (κ2) is 7.12. The summed E-state index contributed by atoms with van der Waals surface area (Å²) in [6.45, 7) is 9.56. The Morgan fingerprint density at radius 1 is 0.958 bits per heavy atom. The highest BCUT2D eigenvalue weighted by atomic mass is 35.5. The fourth-order valence-electron chi connectivity index (χ4n) is 1.84. The molecule has 0 radical (unpaired) electrons. The number of rotatable bonds is 3. The topological polar surface area (TPSA) is 61.8 Å². The molecule has 0 bridgehead atoms. The van der Waals surface area contributed by atoms with E-state index in [0.29, 0.717) is 0 Å². The lowest BCUT2D eigenvalue weighted by atomic mass is 9.95. The van der Waals surface area contributed by atoms with Crippen LogP contribution in [0.1, 0.15) is 48.0 Å². The van der Waals surface area contributed by atoms with Crippen molar-refractivity contribution in [2.75, 3.05) is 6.61 Å². The van der Waals surface area contributed by atoms with E-state index in [1.165, 1.54) is 0 Å². The number of hydrogen-bond acceptors (Lipinski definition) is 5. The molecule has 1 aliphatic rings. The molecule has 1 aliphatic heterocycles. The highest BCUT2D eigenvalue weighted by Gasteiger charge is 2.48. The lowest BCUT2D eigenvalue weighted by Gasteiger charge is -2.38. The molecule has 1 fully saturated rings. The molecule has 0 aromatic rings. The van der Waals surface area contributed by atoms with Crippen LogP contribution in [0.5, 0.6) is 0 Å². The van der Waals surface area contributed by atoms with Crippen molar-refractivity contribution in [3.8, 4) is 0 Å². The first kappa shape index (κ1) is 21.1. The van der Waals surface area contributed by atoms with Crippen LogP contribution < -0.4 is 0 Å². The number of alkyl halides is 3. The minimum Gasteiger partial charge on any atom is -0.458 e. The summed E-state index contributed by atoms with van der Waals surface area (Å²) < 4.78 is 42.3. The van der Waals surface area contributed by atoms with Crippen LogP contribution in [0.15, 0.2) is 0 Å². The first-order valence-corrected chi connectivity index (χ1v) is 8.10. The SMILES string of the molecule is CC(C)(C)C(=O)O[C@@H]1CO[C@@H](C(F)(F)Cl)C[C@H]1OC(=O)C(C)(C)C. The molecule has 8 heteroatoms. The van der Waals surface area contributed by atoms with Crippen LogP contribution in [0, 0.1) is 10.8 Å². The Hall–Kier alpha value is -0.950. The lowest BCUT2D eigenvalue weighted by Crippen LogP contribution is -2.51. The predicted molar refractivity (Wildman–Crippen MR) is 83.8 cm³/mol. The molecule has 1 rings (SSSR count). The highest BCUT2D eigenvalue weighted by Crippen LogP contribution is 2.35. The van der Waals surface area contributed by atoms with Gasteiger partial charge >= 0.3 is 17.3 Å². The summed E-state index contributed by atoms with van der Waals surface area (Å²) in [5.41, 5.74) is -1.61. The third-order valence-electron chi connectivity index (χ3n) is 3.43. The molecule has 0 aliphatic carbocycles. The van der Waals surface area contributed by atoms with Gasteiger partial charge in [-0.15, -0.1) is 0 Å². The Morgan fingerprint density at radius 2 is 1.38 bits per heavy atom. The van der Waals surface area contributed by atoms with E-state index in [4.69, 9.17) is 25.8 Å². The molecule has 1 saturated heterocycles. The fraction of sp³-hybridized carbons (Fsp3) is 0.875. The number of esters is 2. The van der Waals surface area contributed by atoms with Gasteiger partial charge in [-0.1, -0.05) is 0 Å². The van der Waals surface area contributed by atoms with Gasteiger partial charge in [0, 0.05) is 6.42 Å². The molecule has 0 unspecified atom stereocenters. The van der Waals surface area contributed by atoms with E-state index in [2.05, 4.69) is 0 Å². The molecule has 5 nitrogen and oxygen atoms in total. The second-order valence-electron chi connectivity index (χ2n) is 7.99. The van der Waals surface area contributed by atoms with Gasteiger partial charge in [0.1, 0.15) is 12.2 Å². The summed E-state index contributed by atoms with van der Waals surface area (Å²) in [4.78, 5) is 24.1. The van der Waals surface area contributed by atoms with Crippen molar-refractivity contribution >= 4 is 23.5 Å². The zero-order valence-corrected chi connectivity index (χ0v) is 15.6. The van der Waals surface area contributed by atoms with Crippen LogP contribution in [0.3, 0.4) is 0 Å². The zero-order valence-electron chi connectivity index (χ0n) is 14.8. The molecule has 0 aromatic carbocycles. The van der Waals surface area contributed by atoms with Gasteiger partial charge in [0.15, 0.2) is 6.10 Å². The molecule has 1 heterocycles. The monoisotopic (exact) mass is 370 g/mol. The van der Waals surface area contributed by atoms with Gasteiger partial charge in [-0.25, -0.2) is 0 Å². The summed E-state index contributed by atoms with van der Waals surface area (Å²) in [5.74, 6) is -1.12. The van der Waals surface area contributed by atoms with E-state index >= 15 is 0 Å². The summed E-state index contributed by atoms with van der Waals surface area (Å²) in [6, 6.07) is 0. The van der Waals surface area contributed by atoms with Crippen LogP contribution in [0.25, 0.3) is 0 Å². The normalized spacial score (nSPS) is 26.0. The molecule has 0 amide bonds. The van der Waals surface area contributed by atoms with Gasteiger partial charge < -0.3 is 14.2 Å². The number of carbonyl (C=O) groups excluding carboxylic acids is 2. The van der Waals surface area contributed by atoms with Crippen molar-refractivity contribution in [2.24, 2.45) is 10.8 Å². The average Bonchev–Trinajstić information content (AvgIpc) is 2.37. The minimum atomic E-state index is -3.61. The van der Waals surface area contributed by atoms with Crippen LogP contribution in [-0.2, 0) is 23.8 Å². The van der Waals surface area contributed by atoms with Gasteiger partial charge in [-0.05, 0) is 53.1 Å². The van der Waals surface area contributed by atoms with Crippen molar-refractivity contribution in [1.29, 1.82) is 0 Å². The summed E-state index contributed by atoms with van der Waals surface area (Å²) in [5, 5.41) is -3.61. The molecular formula is C16H25ClF2O5. The fourth-order valence-corrected chi connectivity index (χ4v) is 1.99. The van der Waals surface area contributed by atoms with Gasteiger partial charge in [-0.3, -0.25) is 9.59 Å². The first-order chi connectivity index (χ1) is 10.6. The Balaban J connectivity index is 2.92. The number of carbonyl (C=O) groups is 2. The van der Waals surface area contributed by atoms with Crippen LogP contribution >= 0.6 is 11.6 Å². The molecule has 24 heavy (non-hydrogen) atoms. The first-order valence-electron chi connectivity index (χ1n) is 7.73. The van der Waals surface area contributed by atoms with E-state index in [1.807, 2.05) is 0 Å². The number of halogens is 3. The van der Waals surface area contributed by atoms with Gasteiger partial charge in [-0.2, -0.15) is 8.78 Å². The van der Waals surface area contributed by atoms with E-state index in [9.17, 15) is 18.4 Å². The van der Waals surface area contributed by atoms with E-state index in [0.717, 1.165) is 0 Å². The van der Waals surface area contributed by atoms with Gasteiger partial charge in [0.2, 0.25) is 0 Å². The zero-order chi connectivity index (χ0) is 18.9. The molecule has 140 valence electrons. The minimum absolute atomic E-state index is 0.323. The largest absolute Gasteiger partial charge is 0.458 e. The lowest BCUT2D eigenvalue weighted by molar-refractivity contribution is -0.212. The summed E-state index contributed by atoms with van der Waals surface area (Å²) >= 11 is 5.02. The maximum absolute atomic E-state index is 13.3. The Kier molecular flexibility index (Phi) is 6.26. The van der Waals surface area contributed by atoms with Crippen LogP contribution in [0.2, 0.25) is 0 Å². The van der Waals surface area contributed by atoms with Crippen molar-refractivity contribution in [2.45, 2.75) is 71.7 Å². The molecular weight excluding hydrogens is 346 g/mol. The van der Waals surface area contributed by atoms with Crippen LogP contribution in [0.4, 0.5) is 8.78 Å². The van der Waals surface area contributed by atoms with Gasteiger partial charge in [0.25, 0.3) is 0 Å². The quantitative estimate of drug-likeness (QED) is 0.562. The summed E-state index contributed by atoms with van der Waals surface area (Å²) in [6.07, 6.45) is -3.99. The van der Waals surface area contributed by atoms with Crippen molar-refractivity contribution in [1.82, 2.24) is 0 Å². The van der Waals surface area contributed by atoms with Gasteiger partial charge in [0.05, 0.1) is 17.4 Å². The maximum Gasteiger partial charge on any atom is 0.347 e. The third-order valence-corrected chi connectivity index (χ3v) is 3.67. The number of ether oxygens (including phenoxy) is 3. The Morgan fingerprint density at radius 3 is 1.75 bits per heavy atom. The molecule has 0 aromatic heterocycles. The smallest absolute Gasteiger partial charge is 0.347 e. The van der Waals surface area contributed by atoms with E-state index < -0.39 is 46.5 Å². The molecule has 3 atom stereocenters. The van der Waals surface area contributed by atoms with Crippen molar-refractivity contribution < 1.29 is 32.6 Å². The standard InChI is InChI=1S/C16H25ClF2O5/c1-14(2,3)12(20)23-9-7-11(16(17,18)19)22-8-10(9)24-13(21)15(4,5)6/h9-11H,7-8H2,1-6H3/t9-,10-,11-/m1/s1. The highest BCUT2D eigenvalue weighted by molar-refractivity contribution is 6.22. The molecule has 0 spiro atoms. The van der Waals surface area contributed by atoms with E-state index in [-0.39, 0.29) is 13.0 Å². The Labute approximate surface area is 146 Å². The summed E-state index contributed by atoms with van der Waals surface area (Å²) in [7, 11) is 0. The average molecular weight is 371 g/mol. The maximum atomic E-state index is 13.3. The van der Waals surface area contributed by atoms with E-state index in [1.54, 1.807) is 41.5 Å². The van der Waals surface area contributed by atoms with Crippen molar-refractivity contribution in [3.63, 3.8) is 0 Å². The third kappa shape index (κ3) is 5.84. The number of hydrogen-bond donors (Lipinski definition) is 0. The van der Waals surface area contributed by atoms with Crippen molar-refractivity contribution in [3.05, 3.63) is 0 Å². The second-order valence-corrected chi connectivity index (χ2v) is 8.49. The van der Waals surface area contributed by atoms with Crippen LogP contribution in [-0.4, -0.2) is 42.2 Å². The Bertz CT molecular complexity index is 476. The predicted octanol–water partition coefficient (Wildman–Crippen LogP) is 3.52. The molecule has 0 saturated carbocycles.